The zero-order valence-electron chi connectivity index (χ0n) is 10.3. The monoisotopic (exact) mass is 234 g/mol. The molecule has 1 aromatic rings. The van der Waals surface area contributed by atoms with Crippen LogP contribution in [-0.2, 0) is 11.3 Å². The molecular formula is C13H18N2O2. The maximum Gasteiger partial charge on any atom is 0.246 e. The van der Waals surface area contributed by atoms with E-state index in [-0.39, 0.29) is 11.9 Å². The van der Waals surface area contributed by atoms with E-state index in [9.17, 15) is 4.79 Å². The number of hydrogen-bond acceptors (Lipinski definition) is 3. The highest BCUT2D eigenvalue weighted by molar-refractivity contribution is 5.87. The fourth-order valence-electron chi connectivity index (χ4n) is 1.77. The lowest BCUT2D eigenvalue weighted by Crippen LogP contribution is -2.35. The van der Waals surface area contributed by atoms with Gasteiger partial charge in [0.25, 0.3) is 0 Å². The second-order valence-corrected chi connectivity index (χ2v) is 4.76. The first kappa shape index (κ1) is 11.9. The molecule has 0 saturated heterocycles. The van der Waals surface area contributed by atoms with Crippen LogP contribution >= 0.6 is 0 Å². The lowest BCUT2D eigenvalue weighted by atomic mass is 10.2. The number of carbonyl (C=O) groups excluding carboxylic acids is 1. The van der Waals surface area contributed by atoms with Crippen LogP contribution in [0.1, 0.15) is 44.1 Å². The van der Waals surface area contributed by atoms with Gasteiger partial charge in [0.2, 0.25) is 5.91 Å². The average Bonchev–Trinajstić information content (AvgIpc) is 3.05. The number of amides is 1. The molecule has 0 aromatic carbocycles. The van der Waals surface area contributed by atoms with Crippen molar-refractivity contribution in [2.24, 2.45) is 0 Å². The van der Waals surface area contributed by atoms with E-state index in [1.807, 2.05) is 19.9 Å². The van der Waals surface area contributed by atoms with Gasteiger partial charge in [0.05, 0.1) is 6.54 Å². The summed E-state index contributed by atoms with van der Waals surface area (Å²) in [5.41, 5.74) is 0.816. The molecule has 1 saturated carbocycles. The van der Waals surface area contributed by atoms with Gasteiger partial charge in [0.15, 0.2) is 0 Å². The van der Waals surface area contributed by atoms with E-state index >= 15 is 0 Å². The highest BCUT2D eigenvalue weighted by Gasteiger charge is 2.28. The molecule has 1 aliphatic rings. The molecule has 0 spiro atoms. The minimum absolute atomic E-state index is 0.0732. The Hall–Kier alpha value is -1.58. The number of rotatable bonds is 5. The molecule has 1 heterocycles. The smallest absolute Gasteiger partial charge is 0.246 e. The van der Waals surface area contributed by atoms with Crippen LogP contribution in [0, 0.1) is 0 Å². The Morgan fingerprint density at radius 2 is 2.41 bits per heavy atom. The van der Waals surface area contributed by atoms with E-state index in [4.69, 9.17) is 4.52 Å². The molecule has 4 heteroatoms. The number of carbonyl (C=O) groups is 1. The Morgan fingerprint density at radius 3 is 2.94 bits per heavy atom. The van der Waals surface area contributed by atoms with Crippen LogP contribution < -0.4 is 0 Å². The minimum atomic E-state index is -0.0732. The van der Waals surface area contributed by atoms with Crippen LogP contribution in [0.5, 0.6) is 0 Å². The van der Waals surface area contributed by atoms with Crippen molar-refractivity contribution >= 4 is 5.91 Å². The predicted molar refractivity (Wildman–Crippen MR) is 64.4 cm³/mol. The van der Waals surface area contributed by atoms with Gasteiger partial charge in [-0.05, 0) is 32.8 Å². The molecule has 0 N–H and O–H groups in total. The maximum absolute atomic E-state index is 11.7. The molecule has 1 aliphatic carbocycles. The summed E-state index contributed by atoms with van der Waals surface area (Å²) < 4.78 is 5.27. The molecule has 0 unspecified atom stereocenters. The second-order valence-electron chi connectivity index (χ2n) is 4.76. The summed E-state index contributed by atoms with van der Waals surface area (Å²) in [5.74, 6) is 1.43. The fraction of sp³-hybridized carbons (Fsp3) is 0.538. The largest absolute Gasteiger partial charge is 0.361 e. The van der Waals surface area contributed by atoms with Crippen LogP contribution in [0.4, 0.5) is 0 Å². The third kappa shape index (κ3) is 2.75. The lowest BCUT2D eigenvalue weighted by Gasteiger charge is -2.24. The zero-order valence-corrected chi connectivity index (χ0v) is 10.3. The summed E-state index contributed by atoms with van der Waals surface area (Å²) >= 11 is 0. The SMILES string of the molecule is C=CC(=O)N(Cc1cc(C2CC2)on1)C(C)C. The minimum Gasteiger partial charge on any atom is -0.361 e. The van der Waals surface area contributed by atoms with Crippen LogP contribution in [0.25, 0.3) is 0 Å². The molecular weight excluding hydrogens is 216 g/mol. The van der Waals surface area contributed by atoms with Gasteiger partial charge in [-0.3, -0.25) is 4.79 Å². The normalized spacial score (nSPS) is 15.0. The summed E-state index contributed by atoms with van der Waals surface area (Å²) in [5, 5.41) is 4.01. The van der Waals surface area contributed by atoms with E-state index in [1.54, 1.807) is 4.90 Å². The molecule has 1 aromatic heterocycles. The Labute approximate surface area is 101 Å². The number of aromatic nitrogens is 1. The highest BCUT2D eigenvalue weighted by Crippen LogP contribution is 2.40. The molecule has 0 aliphatic heterocycles. The van der Waals surface area contributed by atoms with Gasteiger partial charge in [0.1, 0.15) is 11.5 Å². The third-order valence-corrected chi connectivity index (χ3v) is 2.97. The predicted octanol–water partition coefficient (Wildman–Crippen LogP) is 2.48. The van der Waals surface area contributed by atoms with Gasteiger partial charge in [-0.2, -0.15) is 0 Å². The van der Waals surface area contributed by atoms with Crippen molar-refractivity contribution in [2.45, 2.75) is 45.2 Å². The Balaban J connectivity index is 2.05. The molecule has 0 radical (unpaired) electrons. The van der Waals surface area contributed by atoms with E-state index in [0.717, 1.165) is 11.5 Å². The summed E-state index contributed by atoms with van der Waals surface area (Å²) in [6, 6.07) is 2.09. The summed E-state index contributed by atoms with van der Waals surface area (Å²) in [6.07, 6.45) is 3.71. The van der Waals surface area contributed by atoms with Gasteiger partial charge in [0, 0.05) is 18.0 Å². The standard InChI is InChI=1S/C13H18N2O2/c1-4-13(16)15(9(2)3)8-11-7-12(17-14-11)10-5-6-10/h4,7,9-10H,1,5-6,8H2,2-3H3. The second kappa shape index (κ2) is 4.73. The average molecular weight is 234 g/mol. The molecule has 0 bridgehead atoms. The molecule has 4 nitrogen and oxygen atoms in total. The molecule has 2 rings (SSSR count). The zero-order chi connectivity index (χ0) is 12.4. The van der Waals surface area contributed by atoms with Gasteiger partial charge >= 0.3 is 0 Å². The summed E-state index contributed by atoms with van der Waals surface area (Å²) in [6.45, 7) is 7.95. The quantitative estimate of drug-likeness (QED) is 0.735. The Kier molecular flexibility index (Phi) is 3.31. The van der Waals surface area contributed by atoms with Gasteiger partial charge in [-0.1, -0.05) is 11.7 Å². The van der Waals surface area contributed by atoms with Crippen molar-refractivity contribution in [3.63, 3.8) is 0 Å². The molecule has 1 fully saturated rings. The van der Waals surface area contributed by atoms with Crippen molar-refractivity contribution in [2.75, 3.05) is 0 Å². The first-order chi connectivity index (χ1) is 8.11. The Bertz CT molecular complexity index is 419. The first-order valence-electron chi connectivity index (χ1n) is 6.00. The highest BCUT2D eigenvalue weighted by atomic mass is 16.5. The van der Waals surface area contributed by atoms with Crippen molar-refractivity contribution < 1.29 is 9.32 Å². The van der Waals surface area contributed by atoms with Crippen molar-refractivity contribution in [1.82, 2.24) is 10.1 Å². The summed E-state index contributed by atoms with van der Waals surface area (Å²) in [4.78, 5) is 13.4. The van der Waals surface area contributed by atoms with Crippen LogP contribution in [-0.4, -0.2) is 22.0 Å². The van der Waals surface area contributed by atoms with Gasteiger partial charge < -0.3 is 9.42 Å². The van der Waals surface area contributed by atoms with Crippen molar-refractivity contribution in [3.8, 4) is 0 Å². The maximum atomic E-state index is 11.7. The number of nitrogens with zero attached hydrogens (tertiary/aromatic N) is 2. The molecule has 92 valence electrons. The summed E-state index contributed by atoms with van der Waals surface area (Å²) in [7, 11) is 0. The Morgan fingerprint density at radius 1 is 1.71 bits per heavy atom. The van der Waals surface area contributed by atoms with E-state index < -0.39 is 0 Å². The number of hydrogen-bond donors (Lipinski definition) is 0. The molecule has 17 heavy (non-hydrogen) atoms. The van der Waals surface area contributed by atoms with Crippen LogP contribution in [0.15, 0.2) is 23.2 Å². The van der Waals surface area contributed by atoms with Crippen LogP contribution in [0.2, 0.25) is 0 Å². The molecule has 1 amide bonds. The first-order valence-corrected chi connectivity index (χ1v) is 6.00. The topological polar surface area (TPSA) is 46.3 Å². The molecule has 0 atom stereocenters. The third-order valence-electron chi connectivity index (χ3n) is 2.97. The van der Waals surface area contributed by atoms with E-state index in [2.05, 4.69) is 11.7 Å². The fourth-order valence-corrected chi connectivity index (χ4v) is 1.77. The van der Waals surface area contributed by atoms with Crippen LogP contribution in [0.3, 0.4) is 0 Å². The van der Waals surface area contributed by atoms with Gasteiger partial charge in [-0.25, -0.2) is 0 Å². The van der Waals surface area contributed by atoms with Crippen molar-refractivity contribution in [1.29, 1.82) is 0 Å². The van der Waals surface area contributed by atoms with Gasteiger partial charge in [-0.15, -0.1) is 0 Å². The van der Waals surface area contributed by atoms with E-state index in [0.29, 0.717) is 12.5 Å². The lowest BCUT2D eigenvalue weighted by molar-refractivity contribution is -0.128. The van der Waals surface area contributed by atoms with E-state index in [1.165, 1.54) is 18.9 Å². The van der Waals surface area contributed by atoms with Crippen molar-refractivity contribution in [3.05, 3.63) is 30.2 Å².